The van der Waals surface area contributed by atoms with E-state index in [0.717, 1.165) is 25.0 Å². The molecule has 0 aromatic rings. The van der Waals surface area contributed by atoms with E-state index in [-0.39, 0.29) is 0 Å². The van der Waals surface area contributed by atoms with E-state index in [1.165, 1.54) is 38.8 Å². The van der Waals surface area contributed by atoms with E-state index in [9.17, 15) is 0 Å². The minimum atomic E-state index is 0.662. The van der Waals surface area contributed by atoms with E-state index in [1.807, 2.05) is 0 Å². The summed E-state index contributed by atoms with van der Waals surface area (Å²) in [4.78, 5) is 9.11. The number of nitrogens with zero attached hydrogens (tertiary/aromatic N) is 3. The summed E-state index contributed by atoms with van der Waals surface area (Å²) in [7, 11) is 2.05. The van der Waals surface area contributed by atoms with Gasteiger partial charge in [0.05, 0.1) is 6.54 Å². The van der Waals surface area contributed by atoms with Gasteiger partial charge in [-0.2, -0.15) is 0 Å². The minimum absolute atomic E-state index is 0.662. The fraction of sp³-hybridized carbons (Fsp3) is 0.923. The summed E-state index contributed by atoms with van der Waals surface area (Å²) in [6, 6.07) is 0.662. The summed E-state index contributed by atoms with van der Waals surface area (Å²) in [6.45, 7) is 6.71. The third-order valence-corrected chi connectivity index (χ3v) is 4.02. The molecule has 1 saturated carbocycles. The van der Waals surface area contributed by atoms with Crippen molar-refractivity contribution >= 4 is 5.96 Å². The maximum absolute atomic E-state index is 5.95. The lowest BCUT2D eigenvalue weighted by molar-refractivity contribution is 0.197. The molecule has 0 spiro atoms. The zero-order valence-electron chi connectivity index (χ0n) is 11.2. The van der Waals surface area contributed by atoms with Crippen LogP contribution >= 0.6 is 0 Å². The molecule has 2 fully saturated rings. The van der Waals surface area contributed by atoms with Crippen molar-refractivity contribution in [1.82, 2.24) is 9.80 Å². The van der Waals surface area contributed by atoms with Crippen LogP contribution < -0.4 is 5.73 Å². The first-order chi connectivity index (χ1) is 8.16. The Kier molecular flexibility index (Phi) is 4.26. The highest BCUT2D eigenvalue weighted by Crippen LogP contribution is 2.24. The molecule has 4 heteroatoms. The topological polar surface area (TPSA) is 44.9 Å². The van der Waals surface area contributed by atoms with E-state index in [1.54, 1.807) is 0 Å². The Labute approximate surface area is 105 Å². The second-order valence-electron chi connectivity index (χ2n) is 5.61. The van der Waals surface area contributed by atoms with E-state index in [4.69, 9.17) is 5.73 Å². The van der Waals surface area contributed by atoms with Gasteiger partial charge in [0.25, 0.3) is 0 Å². The maximum atomic E-state index is 5.95. The highest BCUT2D eigenvalue weighted by Gasteiger charge is 2.27. The quantitative estimate of drug-likeness (QED) is 0.590. The Bertz CT molecular complexity index is 265. The molecule has 0 bridgehead atoms. The summed E-state index contributed by atoms with van der Waals surface area (Å²) in [6.07, 6.45) is 5.22. The number of rotatable bonds is 4. The van der Waals surface area contributed by atoms with Crippen LogP contribution in [0.3, 0.4) is 0 Å². The molecule has 1 saturated heterocycles. The molecule has 2 N–H and O–H groups in total. The monoisotopic (exact) mass is 238 g/mol. The molecule has 2 rings (SSSR count). The van der Waals surface area contributed by atoms with Crippen LogP contribution in [0.1, 0.15) is 32.6 Å². The molecule has 0 aromatic heterocycles. The van der Waals surface area contributed by atoms with Crippen LogP contribution in [0.25, 0.3) is 0 Å². The average Bonchev–Trinajstić information content (AvgIpc) is 3.14. The van der Waals surface area contributed by atoms with Crippen molar-refractivity contribution in [2.45, 2.75) is 38.6 Å². The maximum Gasteiger partial charge on any atom is 0.191 e. The highest BCUT2D eigenvalue weighted by molar-refractivity contribution is 5.78. The Morgan fingerprint density at radius 1 is 1.29 bits per heavy atom. The van der Waals surface area contributed by atoms with Gasteiger partial charge in [-0.1, -0.05) is 6.92 Å². The number of likely N-dealkylation sites (tertiary alicyclic amines) is 1. The first-order valence-electron chi connectivity index (χ1n) is 6.92. The Morgan fingerprint density at radius 3 is 2.53 bits per heavy atom. The number of guanidine groups is 1. The predicted molar refractivity (Wildman–Crippen MR) is 72.1 cm³/mol. The molecular weight excluding hydrogens is 212 g/mol. The van der Waals surface area contributed by atoms with Gasteiger partial charge in [-0.3, -0.25) is 4.99 Å². The average molecular weight is 238 g/mol. The zero-order chi connectivity index (χ0) is 12.3. The van der Waals surface area contributed by atoms with E-state index < -0.39 is 0 Å². The third-order valence-electron chi connectivity index (χ3n) is 4.02. The molecule has 0 atom stereocenters. The standard InChI is InChI=1S/C13H26N4/c1-11-5-8-17(9-6-11)10-7-15-13(14)16(2)12-3-4-12/h11-12H,3-10H2,1-2H3,(H2,14,15). The van der Waals surface area contributed by atoms with Gasteiger partial charge in [0, 0.05) is 19.6 Å². The van der Waals surface area contributed by atoms with Gasteiger partial charge in [0.15, 0.2) is 5.96 Å². The van der Waals surface area contributed by atoms with Crippen LogP contribution in [0, 0.1) is 5.92 Å². The predicted octanol–water partition coefficient (Wildman–Crippen LogP) is 1.13. The van der Waals surface area contributed by atoms with Crippen LogP contribution in [0.2, 0.25) is 0 Å². The van der Waals surface area contributed by atoms with Crippen molar-refractivity contribution in [2.75, 3.05) is 33.2 Å². The Balaban J connectivity index is 1.65. The summed E-state index contributed by atoms with van der Waals surface area (Å²) in [5, 5.41) is 0. The van der Waals surface area contributed by atoms with Gasteiger partial charge >= 0.3 is 0 Å². The van der Waals surface area contributed by atoms with Crippen LogP contribution in [0.5, 0.6) is 0 Å². The summed E-state index contributed by atoms with van der Waals surface area (Å²) < 4.78 is 0. The first kappa shape index (κ1) is 12.7. The molecule has 1 aliphatic carbocycles. The second kappa shape index (κ2) is 5.71. The van der Waals surface area contributed by atoms with Crippen molar-refractivity contribution in [3.05, 3.63) is 0 Å². The fourth-order valence-electron chi connectivity index (χ4n) is 2.35. The summed E-state index contributed by atoms with van der Waals surface area (Å²) >= 11 is 0. The molecule has 4 nitrogen and oxygen atoms in total. The smallest absolute Gasteiger partial charge is 0.191 e. The highest BCUT2D eigenvalue weighted by atomic mass is 15.3. The Hall–Kier alpha value is -0.770. The van der Waals surface area contributed by atoms with Crippen molar-refractivity contribution in [3.8, 4) is 0 Å². The van der Waals surface area contributed by atoms with Gasteiger partial charge in [0.2, 0.25) is 0 Å². The van der Waals surface area contributed by atoms with Crippen molar-refractivity contribution in [2.24, 2.45) is 16.6 Å². The first-order valence-corrected chi connectivity index (χ1v) is 6.92. The summed E-state index contributed by atoms with van der Waals surface area (Å²) in [5.74, 6) is 1.62. The third kappa shape index (κ3) is 3.87. The summed E-state index contributed by atoms with van der Waals surface area (Å²) in [5.41, 5.74) is 5.95. The normalized spacial score (nSPS) is 24.0. The van der Waals surface area contributed by atoms with E-state index in [0.29, 0.717) is 6.04 Å². The molecule has 2 aliphatic rings. The Morgan fingerprint density at radius 2 is 1.94 bits per heavy atom. The molecular formula is C13H26N4. The molecule has 0 radical (unpaired) electrons. The lowest BCUT2D eigenvalue weighted by Gasteiger charge is -2.29. The minimum Gasteiger partial charge on any atom is -0.370 e. The van der Waals surface area contributed by atoms with Crippen LogP contribution in [-0.2, 0) is 0 Å². The molecule has 0 aromatic carbocycles. The van der Waals surface area contributed by atoms with Crippen molar-refractivity contribution in [3.63, 3.8) is 0 Å². The van der Waals surface area contributed by atoms with E-state index >= 15 is 0 Å². The largest absolute Gasteiger partial charge is 0.370 e. The van der Waals surface area contributed by atoms with Crippen molar-refractivity contribution < 1.29 is 0 Å². The molecule has 0 unspecified atom stereocenters. The van der Waals surface area contributed by atoms with Crippen molar-refractivity contribution in [1.29, 1.82) is 0 Å². The SMILES string of the molecule is CC1CCN(CCN=C(N)N(C)C2CC2)CC1. The second-order valence-corrected chi connectivity index (χ2v) is 5.61. The van der Waals surface area contributed by atoms with Gasteiger partial charge in [-0.15, -0.1) is 0 Å². The molecule has 98 valence electrons. The number of nitrogens with two attached hydrogens (primary N) is 1. The zero-order valence-corrected chi connectivity index (χ0v) is 11.2. The molecule has 0 amide bonds. The lowest BCUT2D eigenvalue weighted by Crippen LogP contribution is -2.38. The van der Waals surface area contributed by atoms with Gasteiger partial charge in [0.1, 0.15) is 0 Å². The van der Waals surface area contributed by atoms with Gasteiger partial charge in [-0.05, 0) is 44.7 Å². The van der Waals surface area contributed by atoms with Crippen LogP contribution in [0.4, 0.5) is 0 Å². The molecule has 17 heavy (non-hydrogen) atoms. The van der Waals surface area contributed by atoms with Gasteiger partial charge in [-0.25, -0.2) is 0 Å². The van der Waals surface area contributed by atoms with Gasteiger partial charge < -0.3 is 15.5 Å². The molecule has 1 aliphatic heterocycles. The van der Waals surface area contributed by atoms with Crippen LogP contribution in [-0.4, -0.2) is 55.0 Å². The van der Waals surface area contributed by atoms with E-state index in [2.05, 4.69) is 28.8 Å². The lowest BCUT2D eigenvalue weighted by atomic mass is 9.99. The fourth-order valence-corrected chi connectivity index (χ4v) is 2.35. The number of piperidine rings is 1. The number of hydrogen-bond donors (Lipinski definition) is 1. The molecule has 1 heterocycles. The number of aliphatic imine (C=N–C) groups is 1. The number of hydrogen-bond acceptors (Lipinski definition) is 2. The van der Waals surface area contributed by atoms with Crippen LogP contribution in [0.15, 0.2) is 4.99 Å².